The average molecular weight is 289 g/mol. The quantitative estimate of drug-likeness (QED) is 0.865. The molecule has 0 bridgehead atoms. The van der Waals surface area contributed by atoms with Gasteiger partial charge in [0.25, 0.3) is 5.91 Å². The molecule has 2 aromatic rings. The van der Waals surface area contributed by atoms with Crippen molar-refractivity contribution in [3.63, 3.8) is 0 Å². The fourth-order valence-corrected chi connectivity index (χ4v) is 2.47. The fourth-order valence-electron chi connectivity index (χ4n) is 2.23. The van der Waals surface area contributed by atoms with Crippen LogP contribution in [0, 0.1) is 0 Å². The molecule has 1 amide bonds. The molecule has 0 aromatic heterocycles. The van der Waals surface area contributed by atoms with Crippen LogP contribution >= 0.6 is 11.6 Å². The van der Waals surface area contributed by atoms with Crippen LogP contribution in [-0.2, 0) is 11.3 Å². The van der Waals surface area contributed by atoms with Crippen molar-refractivity contribution >= 4 is 28.9 Å². The number of amides is 1. The Hall–Kier alpha value is -2.20. The summed E-state index contributed by atoms with van der Waals surface area (Å²) in [6.45, 7) is 0.367. The predicted molar refractivity (Wildman–Crippen MR) is 79.0 cm³/mol. The van der Waals surface area contributed by atoms with E-state index in [2.05, 4.69) is 0 Å². The van der Waals surface area contributed by atoms with Gasteiger partial charge in [0.2, 0.25) is 0 Å². The first-order valence-electron chi connectivity index (χ1n) is 6.22. The molecule has 0 fully saturated rings. The number of carbonyl (C=O) groups is 1. The lowest BCUT2D eigenvalue weighted by atomic mass is 10.1. The molecule has 1 aliphatic rings. The SMILES string of the molecule is Nc1cccc(Cl)c1CN1C(=O)COc2ccccc21. The number of nitrogen functional groups attached to an aromatic ring is 1. The van der Waals surface area contributed by atoms with Crippen LogP contribution in [0.3, 0.4) is 0 Å². The number of rotatable bonds is 2. The molecule has 0 saturated heterocycles. The van der Waals surface area contributed by atoms with Gasteiger partial charge in [0.15, 0.2) is 6.61 Å². The first-order valence-corrected chi connectivity index (χ1v) is 6.59. The maximum absolute atomic E-state index is 12.1. The number of nitrogens with two attached hydrogens (primary N) is 1. The van der Waals surface area contributed by atoms with Crippen molar-refractivity contribution in [1.29, 1.82) is 0 Å². The van der Waals surface area contributed by atoms with Crippen molar-refractivity contribution < 1.29 is 9.53 Å². The zero-order chi connectivity index (χ0) is 14.1. The summed E-state index contributed by atoms with van der Waals surface area (Å²) < 4.78 is 5.41. The molecule has 5 heteroatoms. The molecular weight excluding hydrogens is 276 g/mol. The van der Waals surface area contributed by atoms with Gasteiger partial charge >= 0.3 is 0 Å². The molecule has 20 heavy (non-hydrogen) atoms. The topological polar surface area (TPSA) is 55.6 Å². The van der Waals surface area contributed by atoms with Crippen molar-refractivity contribution in [2.75, 3.05) is 17.2 Å². The third-order valence-corrected chi connectivity index (χ3v) is 3.63. The van der Waals surface area contributed by atoms with E-state index in [1.165, 1.54) is 0 Å². The largest absolute Gasteiger partial charge is 0.482 e. The molecule has 102 valence electrons. The van der Waals surface area contributed by atoms with Gasteiger partial charge in [-0.15, -0.1) is 0 Å². The van der Waals surface area contributed by atoms with E-state index < -0.39 is 0 Å². The van der Waals surface area contributed by atoms with Crippen molar-refractivity contribution in [2.45, 2.75) is 6.54 Å². The van der Waals surface area contributed by atoms with Crippen LogP contribution in [0.25, 0.3) is 0 Å². The fraction of sp³-hybridized carbons (Fsp3) is 0.133. The number of fused-ring (bicyclic) bond motifs is 1. The summed E-state index contributed by atoms with van der Waals surface area (Å²) in [7, 11) is 0. The molecule has 1 aliphatic heterocycles. The monoisotopic (exact) mass is 288 g/mol. The van der Waals surface area contributed by atoms with E-state index in [0.717, 1.165) is 11.3 Å². The zero-order valence-corrected chi connectivity index (χ0v) is 11.4. The standard InChI is InChI=1S/C15H13ClN2O2/c16-11-4-3-5-12(17)10(11)8-18-13-6-1-2-7-14(13)20-9-15(18)19/h1-7H,8-9,17H2. The van der Waals surface area contributed by atoms with Crippen LogP contribution in [0.1, 0.15) is 5.56 Å². The Kier molecular flexibility index (Phi) is 3.24. The smallest absolute Gasteiger partial charge is 0.265 e. The molecule has 0 aliphatic carbocycles. The van der Waals surface area contributed by atoms with Gasteiger partial charge in [-0.1, -0.05) is 29.8 Å². The highest BCUT2D eigenvalue weighted by atomic mass is 35.5. The molecule has 0 radical (unpaired) electrons. The summed E-state index contributed by atoms with van der Waals surface area (Å²) in [6.07, 6.45) is 0. The van der Waals surface area contributed by atoms with Gasteiger partial charge < -0.3 is 15.4 Å². The van der Waals surface area contributed by atoms with Crippen LogP contribution in [0.2, 0.25) is 5.02 Å². The first-order chi connectivity index (χ1) is 9.66. The van der Waals surface area contributed by atoms with Crippen molar-refractivity contribution in [3.8, 4) is 5.75 Å². The number of anilines is 2. The number of carbonyl (C=O) groups excluding carboxylic acids is 1. The molecule has 0 unspecified atom stereocenters. The zero-order valence-electron chi connectivity index (χ0n) is 10.7. The van der Waals surface area contributed by atoms with E-state index in [0.29, 0.717) is 23.0 Å². The van der Waals surface area contributed by atoms with Crippen LogP contribution in [0.15, 0.2) is 42.5 Å². The molecular formula is C15H13ClN2O2. The number of benzene rings is 2. The lowest BCUT2D eigenvalue weighted by molar-refractivity contribution is -0.121. The van der Waals surface area contributed by atoms with Gasteiger partial charge in [0.1, 0.15) is 5.75 Å². The maximum atomic E-state index is 12.1. The summed E-state index contributed by atoms with van der Waals surface area (Å²) in [4.78, 5) is 13.8. The first kappa shape index (κ1) is 12.8. The van der Waals surface area contributed by atoms with Crippen LogP contribution in [-0.4, -0.2) is 12.5 Å². The van der Waals surface area contributed by atoms with Crippen molar-refractivity contribution in [2.24, 2.45) is 0 Å². The van der Waals surface area contributed by atoms with E-state index in [1.807, 2.05) is 24.3 Å². The number of hydrogen-bond acceptors (Lipinski definition) is 3. The van der Waals surface area contributed by atoms with E-state index in [9.17, 15) is 4.79 Å². The second kappa shape index (κ2) is 5.06. The van der Waals surface area contributed by atoms with Gasteiger partial charge in [-0.3, -0.25) is 4.79 Å². The molecule has 1 heterocycles. The molecule has 0 atom stereocenters. The molecule has 3 rings (SSSR count). The van der Waals surface area contributed by atoms with E-state index in [1.54, 1.807) is 23.1 Å². The highest BCUT2D eigenvalue weighted by Gasteiger charge is 2.26. The Morgan fingerprint density at radius 2 is 2.00 bits per heavy atom. The second-order valence-corrected chi connectivity index (χ2v) is 4.95. The van der Waals surface area contributed by atoms with Gasteiger partial charge in [0.05, 0.1) is 12.2 Å². The third kappa shape index (κ3) is 2.18. The van der Waals surface area contributed by atoms with Crippen LogP contribution in [0.4, 0.5) is 11.4 Å². The molecule has 4 nitrogen and oxygen atoms in total. The third-order valence-electron chi connectivity index (χ3n) is 3.28. The van der Waals surface area contributed by atoms with E-state index >= 15 is 0 Å². The Balaban J connectivity index is 2.00. The number of halogens is 1. The lowest BCUT2D eigenvalue weighted by Crippen LogP contribution is -2.38. The Bertz CT molecular complexity index is 652. The van der Waals surface area contributed by atoms with Crippen LogP contribution < -0.4 is 15.4 Å². The second-order valence-electron chi connectivity index (χ2n) is 4.54. The number of para-hydroxylation sites is 2. The average Bonchev–Trinajstić information content (AvgIpc) is 2.45. The lowest BCUT2D eigenvalue weighted by Gasteiger charge is -2.29. The van der Waals surface area contributed by atoms with Gasteiger partial charge in [-0.25, -0.2) is 0 Å². The highest BCUT2D eigenvalue weighted by molar-refractivity contribution is 6.31. The van der Waals surface area contributed by atoms with Gasteiger partial charge in [-0.05, 0) is 24.3 Å². The number of ether oxygens (including phenoxy) is 1. The maximum Gasteiger partial charge on any atom is 0.265 e. The molecule has 0 spiro atoms. The Morgan fingerprint density at radius 1 is 1.20 bits per heavy atom. The van der Waals surface area contributed by atoms with Gasteiger partial charge in [0, 0.05) is 16.3 Å². The van der Waals surface area contributed by atoms with E-state index in [4.69, 9.17) is 22.1 Å². The van der Waals surface area contributed by atoms with Gasteiger partial charge in [-0.2, -0.15) is 0 Å². The summed E-state index contributed by atoms with van der Waals surface area (Å²) in [5.74, 6) is 0.584. The summed E-state index contributed by atoms with van der Waals surface area (Å²) in [5, 5.41) is 0.557. The van der Waals surface area contributed by atoms with Crippen LogP contribution in [0.5, 0.6) is 5.75 Å². The minimum absolute atomic E-state index is 0.0291. The predicted octanol–water partition coefficient (Wildman–Crippen LogP) is 2.85. The summed E-state index contributed by atoms with van der Waals surface area (Å²) in [5.41, 5.74) is 8.02. The van der Waals surface area contributed by atoms with E-state index in [-0.39, 0.29) is 12.5 Å². The molecule has 0 saturated carbocycles. The number of hydrogen-bond donors (Lipinski definition) is 1. The highest BCUT2D eigenvalue weighted by Crippen LogP contribution is 2.34. The molecule has 2 aromatic carbocycles. The molecule has 2 N–H and O–H groups in total. The Labute approximate surface area is 121 Å². The Morgan fingerprint density at radius 3 is 2.80 bits per heavy atom. The number of nitrogens with zero attached hydrogens (tertiary/aromatic N) is 1. The minimum atomic E-state index is -0.108. The van der Waals surface area contributed by atoms with Crippen molar-refractivity contribution in [1.82, 2.24) is 0 Å². The van der Waals surface area contributed by atoms with Crippen molar-refractivity contribution in [3.05, 3.63) is 53.1 Å². The summed E-state index contributed by atoms with van der Waals surface area (Å²) in [6, 6.07) is 12.8. The summed E-state index contributed by atoms with van der Waals surface area (Å²) >= 11 is 6.17. The minimum Gasteiger partial charge on any atom is -0.482 e. The normalized spacial score (nSPS) is 13.8.